The molecule has 0 radical (unpaired) electrons. The van der Waals surface area contributed by atoms with Gasteiger partial charge in [-0.1, -0.05) is 0 Å². The smallest absolute Gasteiger partial charge is 0.248 e. The number of hydrogen-bond acceptors (Lipinski definition) is 3. The molecule has 0 spiro atoms. The van der Waals surface area contributed by atoms with Crippen molar-refractivity contribution in [2.75, 3.05) is 24.6 Å². The van der Waals surface area contributed by atoms with E-state index in [4.69, 9.17) is 0 Å². The third-order valence-corrected chi connectivity index (χ3v) is 6.07. The van der Waals surface area contributed by atoms with Gasteiger partial charge in [0.2, 0.25) is 5.92 Å². The molecule has 1 unspecified atom stereocenters. The number of sulfone groups is 1. The Morgan fingerprint density at radius 3 is 2.44 bits per heavy atom. The number of rotatable bonds is 3. The molecule has 0 aromatic heterocycles. The van der Waals surface area contributed by atoms with Crippen LogP contribution in [0.5, 0.6) is 0 Å². The van der Waals surface area contributed by atoms with Crippen molar-refractivity contribution in [3.63, 3.8) is 0 Å². The predicted molar refractivity (Wildman–Crippen MR) is 64.4 cm³/mol. The van der Waals surface area contributed by atoms with Crippen molar-refractivity contribution < 1.29 is 17.2 Å². The number of hydrogen-bond donors (Lipinski definition) is 0. The van der Waals surface area contributed by atoms with Crippen LogP contribution in [0.4, 0.5) is 8.78 Å². The maximum atomic E-state index is 12.8. The van der Waals surface area contributed by atoms with Crippen LogP contribution >= 0.6 is 0 Å². The summed E-state index contributed by atoms with van der Waals surface area (Å²) in [6.07, 6.45) is 2.15. The summed E-state index contributed by atoms with van der Waals surface area (Å²) in [6.45, 7) is 1.19. The third kappa shape index (κ3) is 2.69. The standard InChI is InChI=1S/C12H19F2NO2S/c13-12(14)5-9(6-12)7-15-3-4-18(16,17)8-11(15)10-1-2-10/h9-11H,1-8H2. The second-order valence-corrected chi connectivity index (χ2v) is 8.37. The minimum Gasteiger partial charge on any atom is -0.298 e. The van der Waals surface area contributed by atoms with Crippen molar-refractivity contribution in [2.24, 2.45) is 11.8 Å². The van der Waals surface area contributed by atoms with Crippen LogP contribution in [0.3, 0.4) is 0 Å². The number of alkyl halides is 2. The maximum Gasteiger partial charge on any atom is 0.248 e. The first-order chi connectivity index (χ1) is 8.35. The summed E-state index contributed by atoms with van der Waals surface area (Å²) in [5, 5.41) is 0. The molecular formula is C12H19F2NO2S. The molecule has 1 atom stereocenters. The molecular weight excluding hydrogens is 260 g/mol. The lowest BCUT2D eigenvalue weighted by atomic mass is 9.81. The monoisotopic (exact) mass is 279 g/mol. The molecule has 0 aromatic rings. The lowest BCUT2D eigenvalue weighted by Crippen LogP contribution is -2.53. The van der Waals surface area contributed by atoms with E-state index in [9.17, 15) is 17.2 Å². The van der Waals surface area contributed by atoms with E-state index in [0.29, 0.717) is 19.0 Å². The molecule has 3 aliphatic rings. The summed E-state index contributed by atoms with van der Waals surface area (Å²) < 4.78 is 49.0. The van der Waals surface area contributed by atoms with E-state index in [1.165, 1.54) is 0 Å². The Morgan fingerprint density at radius 2 is 1.89 bits per heavy atom. The van der Waals surface area contributed by atoms with E-state index in [-0.39, 0.29) is 36.3 Å². The first-order valence-electron chi connectivity index (χ1n) is 6.67. The van der Waals surface area contributed by atoms with Gasteiger partial charge in [0.1, 0.15) is 0 Å². The highest BCUT2D eigenvalue weighted by atomic mass is 32.2. The highest BCUT2D eigenvalue weighted by molar-refractivity contribution is 7.91. The van der Waals surface area contributed by atoms with Crippen LogP contribution in [0.25, 0.3) is 0 Å². The lowest BCUT2D eigenvalue weighted by molar-refractivity contribution is -0.118. The first-order valence-corrected chi connectivity index (χ1v) is 8.49. The molecule has 0 N–H and O–H groups in total. The van der Waals surface area contributed by atoms with Gasteiger partial charge in [-0.05, 0) is 24.7 Å². The van der Waals surface area contributed by atoms with Crippen LogP contribution in [0, 0.1) is 11.8 Å². The largest absolute Gasteiger partial charge is 0.298 e. The first kappa shape index (κ1) is 12.8. The van der Waals surface area contributed by atoms with Gasteiger partial charge < -0.3 is 0 Å². The maximum absolute atomic E-state index is 12.8. The zero-order valence-corrected chi connectivity index (χ0v) is 11.1. The summed E-state index contributed by atoms with van der Waals surface area (Å²) in [7, 11) is -2.91. The average Bonchev–Trinajstić information content (AvgIpc) is 3.01. The summed E-state index contributed by atoms with van der Waals surface area (Å²) in [5.74, 6) is -1.50. The van der Waals surface area contributed by atoms with Crippen LogP contribution in [0.1, 0.15) is 25.7 Å². The molecule has 0 bridgehead atoms. The van der Waals surface area contributed by atoms with Crippen molar-refractivity contribution in [1.29, 1.82) is 0 Å². The molecule has 0 amide bonds. The van der Waals surface area contributed by atoms with Crippen LogP contribution in [0.2, 0.25) is 0 Å². The molecule has 3 nitrogen and oxygen atoms in total. The summed E-state index contributed by atoms with van der Waals surface area (Å²) >= 11 is 0. The Morgan fingerprint density at radius 1 is 1.22 bits per heavy atom. The highest BCUT2D eigenvalue weighted by Gasteiger charge is 2.48. The van der Waals surface area contributed by atoms with Crippen molar-refractivity contribution in [2.45, 2.75) is 37.6 Å². The van der Waals surface area contributed by atoms with Crippen LogP contribution in [0.15, 0.2) is 0 Å². The number of halogens is 2. The van der Waals surface area contributed by atoms with Crippen LogP contribution < -0.4 is 0 Å². The fourth-order valence-corrected chi connectivity index (χ4v) is 4.94. The second-order valence-electron chi connectivity index (χ2n) is 6.14. The Bertz CT molecular complexity index is 425. The van der Waals surface area contributed by atoms with Gasteiger partial charge in [-0.15, -0.1) is 0 Å². The Labute approximate surface area is 106 Å². The van der Waals surface area contributed by atoms with Gasteiger partial charge in [0, 0.05) is 32.0 Å². The topological polar surface area (TPSA) is 37.4 Å². The Kier molecular flexibility index (Phi) is 2.94. The summed E-state index contributed by atoms with van der Waals surface area (Å²) in [6, 6.07) is 0.0953. The van der Waals surface area contributed by atoms with E-state index >= 15 is 0 Å². The van der Waals surface area contributed by atoms with Gasteiger partial charge in [0.25, 0.3) is 0 Å². The quantitative estimate of drug-likeness (QED) is 0.786. The van der Waals surface area contributed by atoms with Gasteiger partial charge >= 0.3 is 0 Å². The normalized spacial score (nSPS) is 36.2. The van der Waals surface area contributed by atoms with Gasteiger partial charge in [0.15, 0.2) is 9.84 Å². The molecule has 1 heterocycles. The van der Waals surface area contributed by atoms with Crippen molar-refractivity contribution in [1.82, 2.24) is 4.90 Å². The zero-order valence-electron chi connectivity index (χ0n) is 10.3. The highest BCUT2D eigenvalue weighted by Crippen LogP contribution is 2.44. The van der Waals surface area contributed by atoms with E-state index in [1.54, 1.807) is 0 Å². The third-order valence-electron chi connectivity index (χ3n) is 4.42. The summed E-state index contributed by atoms with van der Waals surface area (Å²) in [4.78, 5) is 2.17. The van der Waals surface area contributed by atoms with Gasteiger partial charge in [-0.2, -0.15) is 0 Å². The van der Waals surface area contributed by atoms with E-state index in [2.05, 4.69) is 4.90 Å². The van der Waals surface area contributed by atoms with E-state index in [1.807, 2.05) is 0 Å². The molecule has 1 aliphatic heterocycles. The summed E-state index contributed by atoms with van der Waals surface area (Å²) in [5.41, 5.74) is 0. The molecule has 3 rings (SSSR count). The van der Waals surface area contributed by atoms with E-state index < -0.39 is 15.8 Å². The fourth-order valence-electron chi connectivity index (χ4n) is 3.26. The predicted octanol–water partition coefficient (Wildman–Crippen LogP) is 1.54. The Hall–Kier alpha value is -0.230. The van der Waals surface area contributed by atoms with Gasteiger partial charge in [-0.25, -0.2) is 17.2 Å². The zero-order chi connectivity index (χ0) is 13.0. The van der Waals surface area contributed by atoms with Crippen molar-refractivity contribution >= 4 is 9.84 Å². The fraction of sp³-hybridized carbons (Fsp3) is 1.00. The van der Waals surface area contributed by atoms with Crippen LogP contribution in [-0.2, 0) is 9.84 Å². The molecule has 1 saturated heterocycles. The lowest BCUT2D eigenvalue weighted by Gasteiger charge is -2.42. The minimum atomic E-state index is -2.91. The van der Waals surface area contributed by atoms with Crippen LogP contribution in [-0.4, -0.2) is 49.9 Å². The molecule has 2 aliphatic carbocycles. The molecule has 6 heteroatoms. The Balaban J connectivity index is 1.61. The number of nitrogens with zero attached hydrogens (tertiary/aromatic N) is 1. The van der Waals surface area contributed by atoms with Gasteiger partial charge in [-0.3, -0.25) is 4.90 Å². The minimum absolute atomic E-state index is 0.0202. The molecule has 104 valence electrons. The SMILES string of the molecule is O=S1(=O)CCN(CC2CC(F)(F)C2)C(C2CC2)C1. The molecule has 0 aromatic carbocycles. The second kappa shape index (κ2) is 4.13. The van der Waals surface area contributed by atoms with Crippen molar-refractivity contribution in [3.8, 4) is 0 Å². The average molecular weight is 279 g/mol. The molecule has 2 saturated carbocycles. The van der Waals surface area contributed by atoms with Gasteiger partial charge in [0.05, 0.1) is 11.5 Å². The van der Waals surface area contributed by atoms with Crippen molar-refractivity contribution in [3.05, 3.63) is 0 Å². The van der Waals surface area contributed by atoms with E-state index in [0.717, 1.165) is 12.8 Å². The molecule has 3 fully saturated rings. The molecule has 18 heavy (non-hydrogen) atoms.